The van der Waals surface area contributed by atoms with Crippen LogP contribution in [-0.4, -0.2) is 42.9 Å². The molecule has 0 aromatic heterocycles. The number of anilines is 1. The molecule has 0 spiro atoms. The highest BCUT2D eigenvalue weighted by molar-refractivity contribution is 6.09. The lowest BCUT2D eigenvalue weighted by Gasteiger charge is -2.21. The molecule has 0 bridgehead atoms. The van der Waals surface area contributed by atoms with Crippen molar-refractivity contribution in [3.8, 4) is 5.75 Å². The van der Waals surface area contributed by atoms with Gasteiger partial charge in [-0.2, -0.15) is 0 Å². The largest absolute Gasteiger partial charge is 0.449 e. The maximum Gasteiger partial charge on any atom is 0.291 e. The molecule has 0 radical (unpaired) electrons. The number of likely N-dealkylation sites (tertiary alicyclic amines) is 1. The number of hydrogen-bond acceptors (Lipinski definition) is 4. The Kier molecular flexibility index (Phi) is 6.99. The van der Waals surface area contributed by atoms with Crippen molar-refractivity contribution in [3.63, 3.8) is 0 Å². The highest BCUT2D eigenvalue weighted by atomic mass is 16.5. The van der Waals surface area contributed by atoms with Gasteiger partial charge in [0.2, 0.25) is 0 Å². The highest BCUT2D eigenvalue weighted by Gasteiger charge is 2.23. The second kappa shape index (κ2) is 10.3. The molecule has 2 N–H and O–H groups in total. The van der Waals surface area contributed by atoms with Crippen molar-refractivity contribution in [3.05, 3.63) is 65.4 Å². The predicted molar refractivity (Wildman–Crippen MR) is 122 cm³/mol. The summed E-state index contributed by atoms with van der Waals surface area (Å²) >= 11 is 0. The van der Waals surface area contributed by atoms with Crippen LogP contribution in [-0.2, 0) is 4.79 Å². The lowest BCUT2D eigenvalue weighted by molar-refractivity contribution is -0.115. The van der Waals surface area contributed by atoms with Crippen LogP contribution in [0.5, 0.6) is 5.75 Å². The number of ether oxygens (including phenoxy) is 1. The lowest BCUT2D eigenvalue weighted by atomic mass is 10.1. The van der Waals surface area contributed by atoms with E-state index in [1.807, 2.05) is 30.3 Å². The zero-order chi connectivity index (χ0) is 21.5. The molecule has 6 heteroatoms. The number of nitrogens with zero attached hydrogens (tertiary/aromatic N) is 1. The van der Waals surface area contributed by atoms with Gasteiger partial charge in [0.25, 0.3) is 11.8 Å². The van der Waals surface area contributed by atoms with Crippen LogP contribution in [0.1, 0.15) is 48.0 Å². The molecule has 31 heavy (non-hydrogen) atoms. The van der Waals surface area contributed by atoms with Crippen LogP contribution < -0.4 is 15.4 Å². The van der Waals surface area contributed by atoms with Gasteiger partial charge in [0.1, 0.15) is 0 Å². The van der Waals surface area contributed by atoms with Crippen molar-refractivity contribution in [2.24, 2.45) is 0 Å². The maximum atomic E-state index is 12.5. The topological polar surface area (TPSA) is 70.7 Å². The molecule has 0 saturated carbocycles. The molecule has 2 heterocycles. The van der Waals surface area contributed by atoms with Gasteiger partial charge in [-0.3, -0.25) is 9.59 Å². The van der Waals surface area contributed by atoms with Gasteiger partial charge in [0.05, 0.1) is 5.69 Å². The van der Waals surface area contributed by atoms with E-state index in [1.54, 1.807) is 24.3 Å². The van der Waals surface area contributed by atoms with E-state index in [4.69, 9.17) is 4.74 Å². The van der Waals surface area contributed by atoms with E-state index in [0.717, 1.165) is 18.5 Å². The van der Waals surface area contributed by atoms with E-state index in [1.165, 1.54) is 38.8 Å². The molecule has 162 valence electrons. The summed E-state index contributed by atoms with van der Waals surface area (Å²) in [6, 6.07) is 14.6. The third kappa shape index (κ3) is 5.73. The van der Waals surface area contributed by atoms with Crippen LogP contribution >= 0.6 is 0 Å². The predicted octanol–water partition coefficient (Wildman–Crippen LogP) is 4.05. The normalized spacial score (nSPS) is 17.9. The van der Waals surface area contributed by atoms with Gasteiger partial charge in [-0.25, -0.2) is 0 Å². The van der Waals surface area contributed by atoms with Gasteiger partial charge < -0.3 is 20.3 Å². The van der Waals surface area contributed by atoms with Crippen LogP contribution in [0.4, 0.5) is 5.69 Å². The summed E-state index contributed by atoms with van der Waals surface area (Å²) in [6.45, 7) is 3.99. The number of nitrogens with one attached hydrogen (secondary N) is 2. The number of benzene rings is 2. The average molecular weight is 420 g/mol. The first-order valence-corrected chi connectivity index (χ1v) is 11.1. The fraction of sp³-hybridized carbons (Fsp3) is 0.360. The molecule has 2 aliphatic heterocycles. The summed E-state index contributed by atoms with van der Waals surface area (Å²) in [6.07, 6.45) is 7.84. The standard InChI is InChI=1S/C25H29N3O3/c29-24(26-13-8-16-28-14-6-1-2-7-15-28)20-11-12-22-21(18-20)27-25(30)23(31-22)17-19-9-4-3-5-10-19/h3-5,9-12,17-18H,1-2,6-8,13-16H2,(H,26,29)(H,27,30)/b23-17-. The monoisotopic (exact) mass is 419 g/mol. The Morgan fingerprint density at radius 3 is 2.61 bits per heavy atom. The summed E-state index contributed by atoms with van der Waals surface area (Å²) in [5.41, 5.74) is 1.90. The molecule has 1 fully saturated rings. The molecule has 0 aliphatic carbocycles. The van der Waals surface area contributed by atoms with Crippen molar-refractivity contribution in [2.45, 2.75) is 32.1 Å². The minimum absolute atomic E-state index is 0.140. The molecule has 2 aromatic rings. The van der Waals surface area contributed by atoms with E-state index in [2.05, 4.69) is 15.5 Å². The summed E-state index contributed by atoms with van der Waals surface area (Å²) in [5, 5.41) is 5.81. The van der Waals surface area contributed by atoms with Crippen molar-refractivity contribution in [1.29, 1.82) is 0 Å². The second-order valence-corrected chi connectivity index (χ2v) is 8.05. The molecular formula is C25H29N3O3. The maximum absolute atomic E-state index is 12.5. The Bertz CT molecular complexity index is 948. The van der Waals surface area contributed by atoms with Crippen molar-refractivity contribution < 1.29 is 14.3 Å². The first-order chi connectivity index (χ1) is 15.2. The van der Waals surface area contributed by atoms with Gasteiger partial charge in [0.15, 0.2) is 11.5 Å². The minimum atomic E-state index is -0.327. The number of rotatable bonds is 6. The Hall–Kier alpha value is -3.12. The van der Waals surface area contributed by atoms with E-state index in [-0.39, 0.29) is 17.6 Å². The second-order valence-electron chi connectivity index (χ2n) is 8.05. The smallest absolute Gasteiger partial charge is 0.291 e. The van der Waals surface area contributed by atoms with E-state index < -0.39 is 0 Å². The number of carbonyl (C=O) groups is 2. The summed E-state index contributed by atoms with van der Waals surface area (Å²) in [7, 11) is 0. The SMILES string of the molecule is O=C1Nc2cc(C(=O)NCCCN3CCCCCC3)ccc2O/C1=C\c1ccccc1. The molecule has 2 aromatic carbocycles. The Labute approximate surface area is 183 Å². The molecule has 2 amide bonds. The van der Waals surface area contributed by atoms with E-state index >= 15 is 0 Å². The number of amides is 2. The van der Waals surface area contributed by atoms with Crippen LogP contribution in [0.3, 0.4) is 0 Å². The summed E-state index contributed by atoms with van der Waals surface area (Å²) in [5.74, 6) is 0.286. The van der Waals surface area contributed by atoms with Crippen LogP contribution in [0.15, 0.2) is 54.3 Å². The Morgan fingerprint density at radius 1 is 1.06 bits per heavy atom. The summed E-state index contributed by atoms with van der Waals surface area (Å²) in [4.78, 5) is 27.4. The zero-order valence-corrected chi connectivity index (χ0v) is 17.7. The molecule has 6 nitrogen and oxygen atoms in total. The third-order valence-corrected chi connectivity index (χ3v) is 5.67. The van der Waals surface area contributed by atoms with Gasteiger partial charge in [0, 0.05) is 12.1 Å². The van der Waals surface area contributed by atoms with Crippen molar-refractivity contribution in [1.82, 2.24) is 10.2 Å². The van der Waals surface area contributed by atoms with Crippen molar-refractivity contribution >= 4 is 23.6 Å². The first kappa shape index (κ1) is 21.1. The van der Waals surface area contributed by atoms with Gasteiger partial charge >= 0.3 is 0 Å². The first-order valence-electron chi connectivity index (χ1n) is 11.1. The molecule has 0 atom stereocenters. The van der Waals surface area contributed by atoms with Gasteiger partial charge in [-0.05, 0) is 68.7 Å². The highest BCUT2D eigenvalue weighted by Crippen LogP contribution is 2.32. The third-order valence-electron chi connectivity index (χ3n) is 5.67. The lowest BCUT2D eigenvalue weighted by Crippen LogP contribution is -2.30. The van der Waals surface area contributed by atoms with Crippen LogP contribution in [0.2, 0.25) is 0 Å². The average Bonchev–Trinajstić information content (AvgIpc) is 3.06. The molecule has 1 saturated heterocycles. The molecule has 2 aliphatic rings. The fourth-order valence-electron chi connectivity index (χ4n) is 3.97. The number of hydrogen-bond donors (Lipinski definition) is 2. The molecular weight excluding hydrogens is 390 g/mol. The van der Waals surface area contributed by atoms with Gasteiger partial charge in [-0.15, -0.1) is 0 Å². The zero-order valence-electron chi connectivity index (χ0n) is 17.7. The quantitative estimate of drug-likeness (QED) is 0.547. The van der Waals surface area contributed by atoms with Crippen molar-refractivity contribution in [2.75, 3.05) is 31.5 Å². The fourth-order valence-corrected chi connectivity index (χ4v) is 3.97. The Balaban J connectivity index is 1.32. The van der Waals surface area contributed by atoms with Crippen LogP contribution in [0.25, 0.3) is 6.08 Å². The number of carbonyl (C=O) groups excluding carboxylic acids is 2. The Morgan fingerprint density at radius 2 is 1.84 bits per heavy atom. The number of fused-ring (bicyclic) bond motifs is 1. The van der Waals surface area contributed by atoms with Gasteiger partial charge in [-0.1, -0.05) is 43.2 Å². The minimum Gasteiger partial charge on any atom is -0.449 e. The molecule has 4 rings (SSSR count). The molecule has 0 unspecified atom stereocenters. The summed E-state index contributed by atoms with van der Waals surface area (Å²) < 4.78 is 5.77. The van der Waals surface area contributed by atoms with Crippen LogP contribution in [0, 0.1) is 0 Å². The van der Waals surface area contributed by atoms with E-state index in [9.17, 15) is 9.59 Å². The van der Waals surface area contributed by atoms with E-state index in [0.29, 0.717) is 23.5 Å².